The molecule has 1 aromatic rings. The Hall–Kier alpha value is -0.900. The first-order valence-corrected chi connectivity index (χ1v) is 6.87. The van der Waals surface area contributed by atoms with Crippen molar-refractivity contribution in [2.45, 2.75) is 51.5 Å². The number of nitrogens with one attached hydrogen (secondary N) is 1. The minimum Gasteiger partial charge on any atom is -0.392 e. The lowest BCUT2D eigenvalue weighted by molar-refractivity contribution is 0.132. The summed E-state index contributed by atoms with van der Waals surface area (Å²) in [5, 5.41) is 13.2. The molecule has 0 amide bonds. The molecule has 2 rings (SSSR count). The highest BCUT2D eigenvalue weighted by atomic mass is 16.5. The molecule has 0 bridgehead atoms. The van der Waals surface area contributed by atoms with Crippen LogP contribution in [0.5, 0.6) is 0 Å². The zero-order chi connectivity index (χ0) is 12.8. The van der Waals surface area contributed by atoms with Gasteiger partial charge in [-0.15, -0.1) is 0 Å². The van der Waals surface area contributed by atoms with Gasteiger partial charge in [0.05, 0.1) is 12.7 Å². The van der Waals surface area contributed by atoms with Crippen molar-refractivity contribution in [2.75, 3.05) is 6.61 Å². The minimum atomic E-state index is -0.177. The monoisotopic (exact) mass is 249 g/mol. The molecule has 1 fully saturated rings. The zero-order valence-corrected chi connectivity index (χ0v) is 11.1. The van der Waals surface area contributed by atoms with Crippen LogP contribution in [0.15, 0.2) is 24.3 Å². The number of rotatable bonds is 6. The van der Waals surface area contributed by atoms with Crippen molar-refractivity contribution < 1.29 is 9.84 Å². The maximum absolute atomic E-state index is 9.79. The SMILES string of the molecule is CCOCc1ccccc1CN[C@@H]1CCC[C@H]1O. The predicted octanol–water partition coefficient (Wildman–Crippen LogP) is 2.23. The molecule has 1 aromatic carbocycles. The number of aliphatic hydroxyl groups is 1. The molecule has 1 saturated carbocycles. The zero-order valence-electron chi connectivity index (χ0n) is 11.1. The van der Waals surface area contributed by atoms with E-state index in [-0.39, 0.29) is 12.1 Å². The molecule has 3 nitrogen and oxygen atoms in total. The summed E-state index contributed by atoms with van der Waals surface area (Å²) in [6, 6.07) is 8.59. The van der Waals surface area contributed by atoms with Gasteiger partial charge in [-0.05, 0) is 37.3 Å². The maximum Gasteiger partial charge on any atom is 0.0719 e. The fourth-order valence-corrected chi connectivity index (χ4v) is 2.50. The van der Waals surface area contributed by atoms with Crippen LogP contribution in [0, 0.1) is 0 Å². The molecule has 0 radical (unpaired) electrons. The molecule has 0 aliphatic heterocycles. The Balaban J connectivity index is 1.91. The van der Waals surface area contributed by atoms with E-state index in [1.54, 1.807) is 0 Å². The highest BCUT2D eigenvalue weighted by Crippen LogP contribution is 2.19. The average Bonchev–Trinajstić information content (AvgIpc) is 2.80. The third-order valence-electron chi connectivity index (χ3n) is 3.61. The lowest BCUT2D eigenvalue weighted by Gasteiger charge is -2.18. The molecule has 0 spiro atoms. The van der Waals surface area contributed by atoms with E-state index in [4.69, 9.17) is 4.74 Å². The average molecular weight is 249 g/mol. The number of benzene rings is 1. The summed E-state index contributed by atoms with van der Waals surface area (Å²) >= 11 is 0. The second-order valence-electron chi connectivity index (χ2n) is 4.89. The van der Waals surface area contributed by atoms with Gasteiger partial charge in [0.25, 0.3) is 0 Å². The van der Waals surface area contributed by atoms with Gasteiger partial charge in [-0.25, -0.2) is 0 Å². The van der Waals surface area contributed by atoms with Crippen LogP contribution in [0.4, 0.5) is 0 Å². The van der Waals surface area contributed by atoms with Crippen LogP contribution in [0.2, 0.25) is 0 Å². The van der Waals surface area contributed by atoms with Crippen LogP contribution in [-0.2, 0) is 17.9 Å². The van der Waals surface area contributed by atoms with Gasteiger partial charge in [0.1, 0.15) is 0 Å². The third kappa shape index (κ3) is 3.55. The van der Waals surface area contributed by atoms with Gasteiger partial charge in [0, 0.05) is 19.2 Å². The highest BCUT2D eigenvalue weighted by Gasteiger charge is 2.24. The Labute approximate surface area is 109 Å². The molecular formula is C15H23NO2. The molecule has 3 heteroatoms. The van der Waals surface area contributed by atoms with Crippen LogP contribution >= 0.6 is 0 Å². The molecule has 18 heavy (non-hydrogen) atoms. The molecule has 2 atom stereocenters. The second kappa shape index (κ2) is 6.88. The summed E-state index contributed by atoms with van der Waals surface area (Å²) in [6.07, 6.45) is 2.95. The number of hydrogen-bond donors (Lipinski definition) is 2. The number of hydrogen-bond acceptors (Lipinski definition) is 3. The van der Waals surface area contributed by atoms with Crippen molar-refractivity contribution in [3.05, 3.63) is 35.4 Å². The van der Waals surface area contributed by atoms with E-state index in [1.165, 1.54) is 11.1 Å². The van der Waals surface area contributed by atoms with Gasteiger partial charge in [-0.2, -0.15) is 0 Å². The van der Waals surface area contributed by atoms with Crippen molar-refractivity contribution in [2.24, 2.45) is 0 Å². The summed E-state index contributed by atoms with van der Waals surface area (Å²) in [7, 11) is 0. The molecular weight excluding hydrogens is 226 g/mol. The van der Waals surface area contributed by atoms with E-state index in [0.29, 0.717) is 6.61 Å². The molecule has 0 aromatic heterocycles. The van der Waals surface area contributed by atoms with Gasteiger partial charge < -0.3 is 15.2 Å². The van der Waals surface area contributed by atoms with Crippen LogP contribution < -0.4 is 5.32 Å². The second-order valence-corrected chi connectivity index (χ2v) is 4.89. The molecule has 0 unspecified atom stereocenters. The fourth-order valence-electron chi connectivity index (χ4n) is 2.50. The van der Waals surface area contributed by atoms with E-state index in [0.717, 1.165) is 32.4 Å². The lowest BCUT2D eigenvalue weighted by Crippen LogP contribution is -2.35. The Morgan fingerprint density at radius 1 is 1.28 bits per heavy atom. The van der Waals surface area contributed by atoms with Crippen molar-refractivity contribution in [1.82, 2.24) is 5.32 Å². The Morgan fingerprint density at radius 3 is 2.72 bits per heavy atom. The van der Waals surface area contributed by atoms with Crippen LogP contribution in [0.25, 0.3) is 0 Å². The summed E-state index contributed by atoms with van der Waals surface area (Å²) in [4.78, 5) is 0. The van der Waals surface area contributed by atoms with Crippen LogP contribution in [-0.4, -0.2) is 23.9 Å². The minimum absolute atomic E-state index is 0.177. The maximum atomic E-state index is 9.79. The van der Waals surface area contributed by atoms with Crippen molar-refractivity contribution in [3.63, 3.8) is 0 Å². The topological polar surface area (TPSA) is 41.5 Å². The van der Waals surface area contributed by atoms with Crippen molar-refractivity contribution in [1.29, 1.82) is 0 Å². The van der Waals surface area contributed by atoms with E-state index in [2.05, 4.69) is 23.5 Å². The summed E-state index contributed by atoms with van der Waals surface area (Å²) in [6.45, 7) is 4.23. The lowest BCUT2D eigenvalue weighted by atomic mass is 10.1. The predicted molar refractivity (Wildman–Crippen MR) is 72.3 cm³/mol. The Kier molecular flexibility index (Phi) is 5.17. The van der Waals surface area contributed by atoms with E-state index < -0.39 is 0 Å². The Bertz CT molecular complexity index is 367. The summed E-state index contributed by atoms with van der Waals surface area (Å²) < 4.78 is 5.48. The van der Waals surface area contributed by atoms with Gasteiger partial charge in [-0.1, -0.05) is 24.3 Å². The smallest absolute Gasteiger partial charge is 0.0719 e. The first-order chi connectivity index (χ1) is 8.81. The fraction of sp³-hybridized carbons (Fsp3) is 0.600. The largest absolute Gasteiger partial charge is 0.392 e. The summed E-state index contributed by atoms with van der Waals surface area (Å²) in [5.74, 6) is 0. The standard InChI is InChI=1S/C15H23NO2/c1-2-18-11-13-7-4-3-6-12(13)10-16-14-8-5-9-15(14)17/h3-4,6-7,14-17H,2,5,8-11H2,1H3/t14-,15-/m1/s1. The van der Waals surface area contributed by atoms with Crippen molar-refractivity contribution in [3.8, 4) is 0 Å². The highest BCUT2D eigenvalue weighted by molar-refractivity contribution is 5.26. The van der Waals surface area contributed by atoms with E-state index in [1.807, 2.05) is 13.0 Å². The quantitative estimate of drug-likeness (QED) is 0.812. The Morgan fingerprint density at radius 2 is 2.06 bits per heavy atom. The third-order valence-corrected chi connectivity index (χ3v) is 3.61. The van der Waals surface area contributed by atoms with Crippen LogP contribution in [0.1, 0.15) is 37.3 Å². The number of ether oxygens (including phenoxy) is 1. The van der Waals surface area contributed by atoms with Crippen molar-refractivity contribution >= 4 is 0 Å². The normalized spacial score (nSPS) is 23.4. The van der Waals surface area contributed by atoms with Gasteiger partial charge >= 0.3 is 0 Å². The first-order valence-electron chi connectivity index (χ1n) is 6.87. The van der Waals surface area contributed by atoms with E-state index in [9.17, 15) is 5.11 Å². The molecule has 1 aliphatic carbocycles. The molecule has 2 N–H and O–H groups in total. The van der Waals surface area contributed by atoms with Gasteiger partial charge in [-0.3, -0.25) is 0 Å². The molecule has 0 heterocycles. The molecule has 100 valence electrons. The molecule has 1 aliphatic rings. The first kappa shape index (κ1) is 13.5. The van der Waals surface area contributed by atoms with Gasteiger partial charge in [0.15, 0.2) is 0 Å². The van der Waals surface area contributed by atoms with Gasteiger partial charge in [0.2, 0.25) is 0 Å². The van der Waals surface area contributed by atoms with Crippen LogP contribution in [0.3, 0.4) is 0 Å². The van der Waals surface area contributed by atoms with E-state index >= 15 is 0 Å². The molecule has 0 saturated heterocycles. The number of aliphatic hydroxyl groups excluding tert-OH is 1. The summed E-state index contributed by atoms with van der Waals surface area (Å²) in [5.41, 5.74) is 2.50.